The lowest BCUT2D eigenvalue weighted by molar-refractivity contribution is -0.121. The van der Waals surface area contributed by atoms with Crippen molar-refractivity contribution >= 4 is 0 Å². The number of rotatable bonds is 6. The van der Waals surface area contributed by atoms with Crippen molar-refractivity contribution in [3.8, 4) is 0 Å². The van der Waals surface area contributed by atoms with Crippen LogP contribution in [0.25, 0.3) is 0 Å². The van der Waals surface area contributed by atoms with Crippen molar-refractivity contribution in [2.24, 2.45) is 0 Å². The van der Waals surface area contributed by atoms with Crippen LogP contribution < -0.4 is 5.32 Å². The van der Waals surface area contributed by atoms with Crippen LogP contribution in [0.5, 0.6) is 0 Å². The van der Waals surface area contributed by atoms with Gasteiger partial charge in [-0.2, -0.15) is 0 Å². The molecule has 1 atom stereocenters. The van der Waals surface area contributed by atoms with Crippen LogP contribution in [0.3, 0.4) is 0 Å². The Kier molecular flexibility index (Phi) is 4.65. The maximum Gasteiger partial charge on any atom is 0.172 e. The van der Waals surface area contributed by atoms with Crippen LogP contribution in [0.4, 0.5) is 0 Å². The third-order valence-corrected chi connectivity index (χ3v) is 2.20. The standard InChI is InChI=1S/C10H17NO3/c1-11-9(10(12-2)13-3)6-8-4-5-14-7-8/h4-5,7,9-11H,6H2,1-3H3. The molecular weight excluding hydrogens is 182 g/mol. The summed E-state index contributed by atoms with van der Waals surface area (Å²) in [5, 5.41) is 3.15. The minimum Gasteiger partial charge on any atom is -0.472 e. The van der Waals surface area contributed by atoms with Gasteiger partial charge >= 0.3 is 0 Å². The Morgan fingerprint density at radius 3 is 2.57 bits per heavy atom. The Hall–Kier alpha value is -0.840. The Morgan fingerprint density at radius 1 is 1.43 bits per heavy atom. The first-order valence-electron chi connectivity index (χ1n) is 4.55. The fraction of sp³-hybridized carbons (Fsp3) is 0.600. The van der Waals surface area contributed by atoms with E-state index in [1.54, 1.807) is 26.7 Å². The summed E-state index contributed by atoms with van der Waals surface area (Å²) in [6.07, 6.45) is 3.97. The lowest BCUT2D eigenvalue weighted by atomic mass is 10.1. The molecule has 1 N–H and O–H groups in total. The minimum atomic E-state index is -0.241. The van der Waals surface area contributed by atoms with Crippen molar-refractivity contribution in [3.05, 3.63) is 24.2 Å². The van der Waals surface area contributed by atoms with E-state index in [1.165, 1.54) is 0 Å². The van der Waals surface area contributed by atoms with Gasteiger partial charge in [-0.3, -0.25) is 0 Å². The molecule has 1 aromatic rings. The first kappa shape index (κ1) is 11.2. The van der Waals surface area contributed by atoms with E-state index in [0.717, 1.165) is 12.0 Å². The quantitative estimate of drug-likeness (QED) is 0.695. The summed E-state index contributed by atoms with van der Waals surface area (Å²) in [4.78, 5) is 0. The fourth-order valence-corrected chi connectivity index (χ4v) is 1.42. The van der Waals surface area contributed by atoms with Gasteiger partial charge in [0.05, 0.1) is 18.6 Å². The van der Waals surface area contributed by atoms with Crippen LogP contribution in [0.2, 0.25) is 0 Å². The van der Waals surface area contributed by atoms with E-state index in [1.807, 2.05) is 13.1 Å². The smallest absolute Gasteiger partial charge is 0.172 e. The highest BCUT2D eigenvalue weighted by Crippen LogP contribution is 2.08. The van der Waals surface area contributed by atoms with Crippen LogP contribution in [0.15, 0.2) is 23.0 Å². The summed E-state index contributed by atoms with van der Waals surface area (Å²) in [5.41, 5.74) is 1.13. The normalized spacial score (nSPS) is 13.4. The average Bonchev–Trinajstić information content (AvgIpc) is 2.70. The molecule has 0 aliphatic heterocycles. The van der Waals surface area contributed by atoms with E-state index in [9.17, 15) is 0 Å². The van der Waals surface area contributed by atoms with E-state index >= 15 is 0 Å². The molecule has 1 unspecified atom stereocenters. The summed E-state index contributed by atoms with van der Waals surface area (Å²) < 4.78 is 15.4. The molecule has 0 spiro atoms. The van der Waals surface area contributed by atoms with E-state index < -0.39 is 0 Å². The van der Waals surface area contributed by atoms with Gasteiger partial charge in [0.1, 0.15) is 0 Å². The molecule has 1 rings (SSSR count). The summed E-state index contributed by atoms with van der Waals surface area (Å²) in [7, 11) is 5.15. The van der Waals surface area contributed by atoms with Gasteiger partial charge in [-0.25, -0.2) is 0 Å². The van der Waals surface area contributed by atoms with Crippen LogP contribution in [-0.4, -0.2) is 33.6 Å². The molecule has 0 aliphatic rings. The highest BCUT2D eigenvalue weighted by Gasteiger charge is 2.19. The monoisotopic (exact) mass is 199 g/mol. The molecular formula is C10H17NO3. The van der Waals surface area contributed by atoms with Crippen molar-refractivity contribution in [1.29, 1.82) is 0 Å². The van der Waals surface area contributed by atoms with Gasteiger partial charge < -0.3 is 19.2 Å². The molecule has 0 bridgehead atoms. The molecule has 0 amide bonds. The van der Waals surface area contributed by atoms with E-state index in [2.05, 4.69) is 5.32 Å². The van der Waals surface area contributed by atoms with Gasteiger partial charge in [-0.05, 0) is 25.1 Å². The van der Waals surface area contributed by atoms with Gasteiger partial charge in [0, 0.05) is 14.2 Å². The third-order valence-electron chi connectivity index (χ3n) is 2.20. The van der Waals surface area contributed by atoms with E-state index in [0.29, 0.717) is 0 Å². The van der Waals surface area contributed by atoms with E-state index in [4.69, 9.17) is 13.9 Å². The summed E-state index contributed by atoms with van der Waals surface area (Å²) >= 11 is 0. The van der Waals surface area contributed by atoms with Crippen LogP contribution in [0.1, 0.15) is 5.56 Å². The molecule has 0 saturated carbocycles. The zero-order valence-corrected chi connectivity index (χ0v) is 8.82. The Bertz CT molecular complexity index is 232. The zero-order chi connectivity index (χ0) is 10.4. The highest BCUT2D eigenvalue weighted by atomic mass is 16.7. The number of ether oxygens (including phenoxy) is 2. The topological polar surface area (TPSA) is 43.6 Å². The molecule has 1 heterocycles. The molecule has 4 nitrogen and oxygen atoms in total. The number of furan rings is 1. The van der Waals surface area contributed by atoms with Gasteiger partial charge in [0.2, 0.25) is 0 Å². The summed E-state index contributed by atoms with van der Waals surface area (Å²) in [6.45, 7) is 0. The van der Waals surface area contributed by atoms with Crippen molar-refractivity contribution < 1.29 is 13.9 Å². The lowest BCUT2D eigenvalue weighted by Crippen LogP contribution is -2.41. The molecule has 0 aromatic carbocycles. The molecule has 4 heteroatoms. The van der Waals surface area contributed by atoms with Gasteiger partial charge in [-0.1, -0.05) is 0 Å². The number of methoxy groups -OCH3 is 2. The number of hydrogen-bond donors (Lipinski definition) is 1. The Morgan fingerprint density at radius 2 is 2.14 bits per heavy atom. The highest BCUT2D eigenvalue weighted by molar-refractivity contribution is 5.07. The van der Waals surface area contributed by atoms with Crippen molar-refractivity contribution in [1.82, 2.24) is 5.32 Å². The SMILES string of the molecule is CNC(Cc1ccoc1)C(OC)OC. The predicted molar refractivity (Wildman–Crippen MR) is 53.1 cm³/mol. The molecule has 80 valence electrons. The van der Waals surface area contributed by atoms with Crippen molar-refractivity contribution in [2.45, 2.75) is 18.8 Å². The lowest BCUT2D eigenvalue weighted by Gasteiger charge is -2.23. The van der Waals surface area contributed by atoms with Crippen molar-refractivity contribution in [3.63, 3.8) is 0 Å². The van der Waals surface area contributed by atoms with Gasteiger partial charge in [0.15, 0.2) is 6.29 Å². The Labute approximate surface area is 84.2 Å². The van der Waals surface area contributed by atoms with Crippen LogP contribution >= 0.6 is 0 Å². The molecule has 0 aliphatic carbocycles. The second-order valence-corrected chi connectivity index (χ2v) is 3.07. The number of likely N-dealkylation sites (N-methyl/N-ethyl adjacent to an activating group) is 1. The van der Waals surface area contributed by atoms with Crippen LogP contribution in [-0.2, 0) is 15.9 Å². The number of nitrogens with one attached hydrogen (secondary N) is 1. The van der Waals surface area contributed by atoms with Gasteiger partial charge in [0.25, 0.3) is 0 Å². The first-order chi connectivity index (χ1) is 6.81. The summed E-state index contributed by atoms with van der Waals surface area (Å²) in [5.74, 6) is 0. The molecule has 0 fully saturated rings. The molecule has 1 aromatic heterocycles. The number of hydrogen-bond acceptors (Lipinski definition) is 4. The Balaban J connectivity index is 2.53. The predicted octanol–water partition coefficient (Wildman–Crippen LogP) is 1.03. The second kappa shape index (κ2) is 5.80. The van der Waals surface area contributed by atoms with Crippen LogP contribution in [0, 0.1) is 0 Å². The molecule has 0 saturated heterocycles. The zero-order valence-electron chi connectivity index (χ0n) is 8.82. The summed E-state index contributed by atoms with van der Waals surface area (Å²) in [6, 6.07) is 2.06. The molecule has 0 radical (unpaired) electrons. The average molecular weight is 199 g/mol. The molecule has 14 heavy (non-hydrogen) atoms. The third kappa shape index (κ3) is 2.83. The van der Waals surface area contributed by atoms with E-state index in [-0.39, 0.29) is 12.3 Å². The minimum absolute atomic E-state index is 0.127. The first-order valence-corrected chi connectivity index (χ1v) is 4.55. The second-order valence-electron chi connectivity index (χ2n) is 3.07. The largest absolute Gasteiger partial charge is 0.472 e. The maximum absolute atomic E-state index is 5.19. The maximum atomic E-state index is 5.19. The van der Waals surface area contributed by atoms with Crippen molar-refractivity contribution in [2.75, 3.05) is 21.3 Å². The van der Waals surface area contributed by atoms with Gasteiger partial charge in [-0.15, -0.1) is 0 Å². The fourth-order valence-electron chi connectivity index (χ4n) is 1.42.